The van der Waals surface area contributed by atoms with Gasteiger partial charge in [0.1, 0.15) is 18.1 Å². The average Bonchev–Trinajstić information content (AvgIpc) is 2.84. The number of rotatable bonds is 8. The summed E-state index contributed by atoms with van der Waals surface area (Å²) in [6, 6.07) is 20.4. The molecule has 0 aliphatic rings. The summed E-state index contributed by atoms with van der Waals surface area (Å²) in [6.45, 7) is 7.85. The van der Waals surface area contributed by atoms with Crippen molar-refractivity contribution in [1.82, 2.24) is 9.66 Å². The van der Waals surface area contributed by atoms with Crippen molar-refractivity contribution < 1.29 is 14.3 Å². The number of nitrogens with zero attached hydrogens (tertiary/aromatic N) is 2. The Kier molecular flexibility index (Phi) is 7.15. The molecule has 0 spiro atoms. The molecule has 0 atom stereocenters. The Hall–Kier alpha value is -4.13. The fourth-order valence-corrected chi connectivity index (χ4v) is 3.80. The molecule has 1 aromatic heterocycles. The normalized spacial score (nSPS) is 11.0. The Morgan fingerprint density at radius 2 is 1.71 bits per heavy atom. The third kappa shape index (κ3) is 5.51. The van der Waals surface area contributed by atoms with Gasteiger partial charge in [0.25, 0.3) is 11.5 Å². The number of hydrogen-bond acceptors (Lipinski definition) is 5. The van der Waals surface area contributed by atoms with Crippen LogP contribution in [0.2, 0.25) is 0 Å². The molecular formula is C28H29N3O4. The lowest BCUT2D eigenvalue weighted by atomic mass is 10.00. The highest BCUT2D eigenvalue weighted by atomic mass is 16.5. The first-order valence-electron chi connectivity index (χ1n) is 11.6. The lowest BCUT2D eigenvalue weighted by molar-refractivity contribution is -0.119. The van der Waals surface area contributed by atoms with Crippen molar-refractivity contribution in [2.24, 2.45) is 0 Å². The van der Waals surface area contributed by atoms with Crippen LogP contribution >= 0.6 is 0 Å². The molecule has 180 valence electrons. The van der Waals surface area contributed by atoms with Crippen molar-refractivity contribution in [3.63, 3.8) is 0 Å². The molecule has 0 fully saturated rings. The van der Waals surface area contributed by atoms with Gasteiger partial charge in [0, 0.05) is 0 Å². The molecule has 3 aromatic carbocycles. The second kappa shape index (κ2) is 10.4. The molecule has 0 saturated heterocycles. The van der Waals surface area contributed by atoms with Gasteiger partial charge in [-0.3, -0.25) is 15.0 Å². The van der Waals surface area contributed by atoms with Gasteiger partial charge in [-0.05, 0) is 55.2 Å². The van der Waals surface area contributed by atoms with E-state index in [2.05, 4.69) is 30.3 Å². The van der Waals surface area contributed by atoms with E-state index >= 15 is 0 Å². The number of aryl methyl sites for hydroxylation is 2. The number of nitrogens with one attached hydrogen (secondary N) is 1. The van der Waals surface area contributed by atoms with Crippen LogP contribution in [-0.4, -0.2) is 22.2 Å². The van der Waals surface area contributed by atoms with Crippen LogP contribution in [0.4, 0.5) is 0 Å². The zero-order chi connectivity index (χ0) is 24.9. The monoisotopic (exact) mass is 471 g/mol. The number of benzene rings is 3. The molecule has 7 nitrogen and oxygen atoms in total. The quantitative estimate of drug-likeness (QED) is 0.397. The number of carbonyl (C=O) groups excluding carboxylic acids is 1. The van der Waals surface area contributed by atoms with Crippen molar-refractivity contribution in [1.29, 1.82) is 0 Å². The van der Waals surface area contributed by atoms with E-state index in [4.69, 9.17) is 9.47 Å². The minimum absolute atomic E-state index is 0.00151. The van der Waals surface area contributed by atoms with Crippen LogP contribution in [0.3, 0.4) is 0 Å². The molecule has 0 bridgehead atoms. The molecule has 0 radical (unpaired) electrons. The molecule has 0 aliphatic heterocycles. The van der Waals surface area contributed by atoms with E-state index in [1.807, 2.05) is 56.3 Å². The van der Waals surface area contributed by atoms with Crippen molar-refractivity contribution in [2.45, 2.75) is 40.2 Å². The summed E-state index contributed by atoms with van der Waals surface area (Å²) in [5.74, 6) is 1.37. The molecule has 0 aliphatic carbocycles. The second-order valence-electron chi connectivity index (χ2n) is 8.76. The molecule has 1 heterocycles. The first-order chi connectivity index (χ1) is 16.8. The summed E-state index contributed by atoms with van der Waals surface area (Å²) in [6.07, 6.45) is 0. The maximum absolute atomic E-state index is 13.2. The molecule has 1 amide bonds. The molecule has 0 saturated carbocycles. The maximum atomic E-state index is 13.2. The lowest BCUT2D eigenvalue weighted by Gasteiger charge is -2.17. The summed E-state index contributed by atoms with van der Waals surface area (Å²) in [4.78, 5) is 30.6. The highest BCUT2D eigenvalue weighted by Crippen LogP contribution is 2.27. The largest absolute Gasteiger partial charge is 0.485 e. The van der Waals surface area contributed by atoms with Gasteiger partial charge in [-0.25, -0.2) is 4.98 Å². The molecule has 35 heavy (non-hydrogen) atoms. The Morgan fingerprint density at radius 3 is 2.49 bits per heavy atom. The van der Waals surface area contributed by atoms with E-state index in [1.165, 1.54) is 0 Å². The van der Waals surface area contributed by atoms with Crippen LogP contribution in [0.5, 0.6) is 11.5 Å². The number of para-hydroxylation sites is 2. The van der Waals surface area contributed by atoms with Crippen LogP contribution in [0.1, 0.15) is 42.3 Å². The molecule has 7 heteroatoms. The SMILES string of the molecule is Cc1ccc(OCC(=O)Nn2c(COc3ccccc3C)nc3ccccc3c2=O)c(C(C)C)c1. The van der Waals surface area contributed by atoms with Crippen molar-refractivity contribution in [3.8, 4) is 11.5 Å². The minimum Gasteiger partial charge on any atom is -0.485 e. The van der Waals surface area contributed by atoms with Gasteiger partial charge in [-0.15, -0.1) is 0 Å². The Labute approximate surface area is 204 Å². The third-order valence-corrected chi connectivity index (χ3v) is 5.68. The molecule has 1 N–H and O–H groups in total. The van der Waals surface area contributed by atoms with Gasteiger partial charge in [0.05, 0.1) is 10.9 Å². The van der Waals surface area contributed by atoms with Gasteiger partial charge < -0.3 is 9.47 Å². The molecule has 0 unspecified atom stereocenters. The number of ether oxygens (including phenoxy) is 2. The van der Waals surface area contributed by atoms with Crippen LogP contribution in [0, 0.1) is 13.8 Å². The Balaban J connectivity index is 1.58. The van der Waals surface area contributed by atoms with E-state index in [9.17, 15) is 9.59 Å². The smallest absolute Gasteiger partial charge is 0.280 e. The zero-order valence-electron chi connectivity index (χ0n) is 20.4. The Morgan fingerprint density at radius 1 is 0.971 bits per heavy atom. The summed E-state index contributed by atoms with van der Waals surface area (Å²) in [7, 11) is 0. The standard InChI is InChI=1S/C28H29N3O4/c1-18(2)22-15-19(3)13-14-25(22)35-17-27(32)30-31-26(16-34-24-12-8-5-9-20(24)4)29-23-11-7-6-10-21(23)28(31)33/h5-15,18H,16-17H2,1-4H3,(H,30,32). The summed E-state index contributed by atoms with van der Waals surface area (Å²) in [5, 5.41) is 0.397. The van der Waals surface area contributed by atoms with Gasteiger partial charge in [-0.2, -0.15) is 4.68 Å². The second-order valence-corrected chi connectivity index (χ2v) is 8.76. The van der Waals surface area contributed by atoms with E-state index in [-0.39, 0.29) is 30.5 Å². The van der Waals surface area contributed by atoms with Crippen molar-refractivity contribution in [2.75, 3.05) is 12.0 Å². The first kappa shape index (κ1) is 24.0. The van der Waals surface area contributed by atoms with Crippen LogP contribution < -0.4 is 20.5 Å². The summed E-state index contributed by atoms with van der Waals surface area (Å²) in [5.41, 5.74) is 5.90. The fourth-order valence-electron chi connectivity index (χ4n) is 3.80. The van der Waals surface area contributed by atoms with Gasteiger partial charge in [0.15, 0.2) is 12.4 Å². The van der Waals surface area contributed by atoms with Gasteiger partial charge in [0.2, 0.25) is 0 Å². The number of fused-ring (bicyclic) bond motifs is 1. The predicted molar refractivity (Wildman–Crippen MR) is 137 cm³/mol. The first-order valence-corrected chi connectivity index (χ1v) is 11.6. The van der Waals surface area contributed by atoms with Crippen LogP contribution in [0.25, 0.3) is 10.9 Å². The summed E-state index contributed by atoms with van der Waals surface area (Å²) < 4.78 is 12.9. The molecule has 4 aromatic rings. The minimum atomic E-state index is -0.475. The predicted octanol–water partition coefficient (Wildman–Crippen LogP) is 4.86. The van der Waals surface area contributed by atoms with E-state index in [1.54, 1.807) is 18.2 Å². The molecule has 4 rings (SSSR count). The fraction of sp³-hybridized carbons (Fsp3) is 0.250. The number of hydrogen-bond donors (Lipinski definition) is 1. The van der Waals surface area contributed by atoms with Crippen molar-refractivity contribution in [3.05, 3.63) is 99.6 Å². The highest BCUT2D eigenvalue weighted by Gasteiger charge is 2.16. The third-order valence-electron chi connectivity index (χ3n) is 5.68. The van der Waals surface area contributed by atoms with Crippen molar-refractivity contribution >= 4 is 16.8 Å². The maximum Gasteiger partial charge on any atom is 0.280 e. The van der Waals surface area contributed by atoms with E-state index < -0.39 is 5.91 Å². The highest BCUT2D eigenvalue weighted by molar-refractivity contribution is 5.86. The zero-order valence-corrected chi connectivity index (χ0v) is 20.4. The Bertz CT molecular complexity index is 1430. The van der Waals surface area contributed by atoms with Gasteiger partial charge >= 0.3 is 0 Å². The van der Waals surface area contributed by atoms with Gasteiger partial charge in [-0.1, -0.05) is 61.9 Å². The molecular weight excluding hydrogens is 442 g/mol. The number of amides is 1. The lowest BCUT2D eigenvalue weighted by Crippen LogP contribution is -2.38. The van der Waals surface area contributed by atoms with Crippen LogP contribution in [-0.2, 0) is 11.4 Å². The topological polar surface area (TPSA) is 82.4 Å². The average molecular weight is 472 g/mol. The van der Waals surface area contributed by atoms with Crippen LogP contribution in [0.15, 0.2) is 71.5 Å². The van der Waals surface area contributed by atoms with E-state index in [0.717, 1.165) is 21.4 Å². The van der Waals surface area contributed by atoms with E-state index in [0.29, 0.717) is 22.4 Å². The number of aromatic nitrogens is 2. The number of carbonyl (C=O) groups is 1. The summed E-state index contributed by atoms with van der Waals surface area (Å²) >= 11 is 0.